The minimum absolute atomic E-state index is 0.0620. The van der Waals surface area contributed by atoms with Crippen LogP contribution in [0.1, 0.15) is 58.3 Å². The van der Waals surface area contributed by atoms with E-state index in [1.165, 1.54) is 12.8 Å². The lowest BCUT2D eigenvalue weighted by molar-refractivity contribution is -0.141. The van der Waals surface area contributed by atoms with Gasteiger partial charge in [-0.2, -0.15) is 0 Å². The van der Waals surface area contributed by atoms with E-state index in [0.29, 0.717) is 25.0 Å². The van der Waals surface area contributed by atoms with Crippen molar-refractivity contribution in [2.75, 3.05) is 6.54 Å². The van der Waals surface area contributed by atoms with Gasteiger partial charge < -0.3 is 5.32 Å². The summed E-state index contributed by atoms with van der Waals surface area (Å²) in [6.45, 7) is 2.77. The third-order valence-corrected chi connectivity index (χ3v) is 5.16. The fourth-order valence-corrected chi connectivity index (χ4v) is 4.09. The van der Waals surface area contributed by atoms with Crippen LogP contribution in [0.3, 0.4) is 0 Å². The lowest BCUT2D eigenvalue weighted by Gasteiger charge is -2.31. The topological polar surface area (TPSA) is 49.4 Å². The second-order valence-corrected chi connectivity index (χ2v) is 6.67. The van der Waals surface area contributed by atoms with Gasteiger partial charge in [-0.1, -0.05) is 19.3 Å². The highest BCUT2D eigenvalue weighted by atomic mass is 16.2. The Balaban J connectivity index is 1.67. The Hall–Kier alpha value is -0.900. The Labute approximate surface area is 114 Å². The molecular weight excluding hydrogens is 240 g/mol. The number of carbonyl (C=O) groups is 2. The smallest absolute Gasteiger partial charge is 0.235 e. The average molecular weight is 264 g/mol. The second-order valence-electron chi connectivity index (χ2n) is 6.67. The van der Waals surface area contributed by atoms with Gasteiger partial charge in [0.25, 0.3) is 0 Å². The number of likely N-dealkylation sites (tertiary alicyclic amines) is 1. The van der Waals surface area contributed by atoms with E-state index in [1.807, 2.05) is 0 Å². The lowest BCUT2D eigenvalue weighted by atomic mass is 9.84. The summed E-state index contributed by atoms with van der Waals surface area (Å²) in [7, 11) is 0. The summed E-state index contributed by atoms with van der Waals surface area (Å²) in [4.78, 5) is 26.3. The predicted molar refractivity (Wildman–Crippen MR) is 72.5 cm³/mol. The van der Waals surface area contributed by atoms with E-state index in [9.17, 15) is 9.59 Å². The summed E-state index contributed by atoms with van der Waals surface area (Å²) < 4.78 is 0. The van der Waals surface area contributed by atoms with Crippen LogP contribution < -0.4 is 5.32 Å². The molecule has 2 aliphatic heterocycles. The van der Waals surface area contributed by atoms with Crippen molar-refractivity contribution >= 4 is 11.8 Å². The van der Waals surface area contributed by atoms with Gasteiger partial charge in [0.2, 0.25) is 11.8 Å². The van der Waals surface area contributed by atoms with E-state index in [0.717, 1.165) is 32.1 Å². The molecule has 19 heavy (non-hydrogen) atoms. The van der Waals surface area contributed by atoms with Gasteiger partial charge in [-0.15, -0.1) is 0 Å². The number of carbonyl (C=O) groups excluding carboxylic acids is 2. The van der Waals surface area contributed by atoms with Crippen molar-refractivity contribution in [2.45, 2.75) is 70.4 Å². The molecule has 0 aromatic carbocycles. The third-order valence-electron chi connectivity index (χ3n) is 5.16. The van der Waals surface area contributed by atoms with Crippen molar-refractivity contribution in [2.24, 2.45) is 5.41 Å². The van der Waals surface area contributed by atoms with Gasteiger partial charge in [0, 0.05) is 25.0 Å². The number of piperidine rings is 1. The van der Waals surface area contributed by atoms with E-state index in [1.54, 1.807) is 4.90 Å². The Morgan fingerprint density at radius 2 is 1.95 bits per heavy atom. The molecular formula is C15H24N2O2. The Bertz CT molecular complexity index is 388. The van der Waals surface area contributed by atoms with E-state index in [2.05, 4.69) is 12.2 Å². The molecule has 3 aliphatic rings. The summed E-state index contributed by atoms with van der Waals surface area (Å²) in [5.41, 5.74) is -0.308. The molecule has 3 fully saturated rings. The van der Waals surface area contributed by atoms with Crippen LogP contribution >= 0.6 is 0 Å². The number of nitrogens with zero attached hydrogens (tertiary/aromatic N) is 1. The molecule has 106 valence electrons. The number of amides is 2. The molecule has 1 saturated carbocycles. The molecule has 2 heterocycles. The van der Waals surface area contributed by atoms with Crippen molar-refractivity contribution in [3.63, 3.8) is 0 Å². The predicted octanol–water partition coefficient (Wildman–Crippen LogP) is 1.84. The van der Waals surface area contributed by atoms with Gasteiger partial charge in [-0.05, 0) is 32.6 Å². The van der Waals surface area contributed by atoms with Gasteiger partial charge in [-0.3, -0.25) is 14.5 Å². The summed E-state index contributed by atoms with van der Waals surface area (Å²) in [6, 6.07) is 0.806. The van der Waals surface area contributed by atoms with E-state index >= 15 is 0 Å². The molecule has 2 saturated heterocycles. The molecule has 0 radical (unpaired) electrons. The normalized spacial score (nSPS) is 34.5. The van der Waals surface area contributed by atoms with Crippen molar-refractivity contribution < 1.29 is 9.59 Å². The number of hydrogen-bond acceptors (Lipinski definition) is 3. The van der Waals surface area contributed by atoms with Crippen LogP contribution in [0.2, 0.25) is 0 Å². The zero-order chi connectivity index (χ0) is 13.5. The highest BCUT2D eigenvalue weighted by Crippen LogP contribution is 2.46. The van der Waals surface area contributed by atoms with Crippen molar-refractivity contribution in [1.82, 2.24) is 10.2 Å². The highest BCUT2D eigenvalue weighted by Gasteiger charge is 2.52. The first kappa shape index (κ1) is 13.1. The second kappa shape index (κ2) is 4.89. The minimum atomic E-state index is -0.308. The Kier molecular flexibility index (Phi) is 3.37. The number of rotatable bonds is 2. The van der Waals surface area contributed by atoms with Crippen molar-refractivity contribution in [3.8, 4) is 0 Å². The van der Waals surface area contributed by atoms with Gasteiger partial charge >= 0.3 is 0 Å². The average Bonchev–Trinajstić information content (AvgIpc) is 2.92. The van der Waals surface area contributed by atoms with Crippen LogP contribution in [0, 0.1) is 5.41 Å². The van der Waals surface area contributed by atoms with Crippen LogP contribution in [0.25, 0.3) is 0 Å². The fraction of sp³-hybridized carbons (Fsp3) is 0.867. The van der Waals surface area contributed by atoms with E-state index < -0.39 is 0 Å². The van der Waals surface area contributed by atoms with Crippen molar-refractivity contribution in [1.29, 1.82) is 0 Å². The number of hydrogen-bond donors (Lipinski definition) is 1. The maximum atomic E-state index is 12.6. The van der Waals surface area contributed by atoms with Crippen LogP contribution in [-0.2, 0) is 9.59 Å². The minimum Gasteiger partial charge on any atom is -0.310 e. The zero-order valence-corrected chi connectivity index (χ0v) is 11.8. The first-order chi connectivity index (χ1) is 9.11. The van der Waals surface area contributed by atoms with Crippen LogP contribution in [0.5, 0.6) is 0 Å². The summed E-state index contributed by atoms with van der Waals surface area (Å²) in [5, 5.41) is 3.52. The largest absolute Gasteiger partial charge is 0.310 e. The van der Waals surface area contributed by atoms with Crippen molar-refractivity contribution in [3.05, 3.63) is 0 Å². The summed E-state index contributed by atoms with van der Waals surface area (Å²) in [5.74, 6) is 0.182. The molecule has 0 bridgehead atoms. The molecule has 0 aromatic rings. The van der Waals surface area contributed by atoms with Gasteiger partial charge in [-0.25, -0.2) is 0 Å². The van der Waals surface area contributed by atoms with E-state index in [4.69, 9.17) is 0 Å². The zero-order valence-electron chi connectivity index (χ0n) is 11.8. The lowest BCUT2D eigenvalue weighted by Crippen LogP contribution is -2.49. The number of imide groups is 1. The first-order valence-corrected chi connectivity index (χ1v) is 7.72. The van der Waals surface area contributed by atoms with E-state index in [-0.39, 0.29) is 17.2 Å². The summed E-state index contributed by atoms with van der Waals surface area (Å²) in [6.07, 6.45) is 7.98. The molecule has 2 unspecified atom stereocenters. The SMILES string of the molecule is CC1CCCC(CN2C(=O)CC3(CCCC3)C2=O)N1. The standard InChI is InChI=1S/C15H24N2O2/c1-11-5-4-6-12(16-11)10-17-13(18)9-15(14(17)19)7-2-3-8-15/h11-12,16H,2-10H2,1H3. The molecule has 0 aromatic heterocycles. The molecule has 2 atom stereocenters. The maximum absolute atomic E-state index is 12.6. The molecule has 4 nitrogen and oxygen atoms in total. The molecule has 1 N–H and O–H groups in total. The van der Waals surface area contributed by atoms with Gasteiger partial charge in [0.05, 0.1) is 5.41 Å². The maximum Gasteiger partial charge on any atom is 0.235 e. The third kappa shape index (κ3) is 2.31. The molecule has 3 rings (SSSR count). The molecule has 1 spiro atoms. The Morgan fingerprint density at radius 1 is 1.21 bits per heavy atom. The summed E-state index contributed by atoms with van der Waals surface area (Å²) >= 11 is 0. The highest BCUT2D eigenvalue weighted by molar-refractivity contribution is 6.06. The first-order valence-electron chi connectivity index (χ1n) is 7.72. The molecule has 2 amide bonds. The monoisotopic (exact) mass is 264 g/mol. The molecule has 4 heteroatoms. The van der Waals surface area contributed by atoms with Gasteiger partial charge in [0.1, 0.15) is 0 Å². The number of nitrogens with one attached hydrogen (secondary N) is 1. The van der Waals surface area contributed by atoms with Crippen LogP contribution in [-0.4, -0.2) is 35.3 Å². The van der Waals surface area contributed by atoms with Crippen LogP contribution in [0.4, 0.5) is 0 Å². The molecule has 1 aliphatic carbocycles. The quantitative estimate of drug-likeness (QED) is 0.774. The van der Waals surface area contributed by atoms with Gasteiger partial charge in [0.15, 0.2) is 0 Å². The van der Waals surface area contributed by atoms with Crippen LogP contribution in [0.15, 0.2) is 0 Å². The Morgan fingerprint density at radius 3 is 2.63 bits per heavy atom. The fourth-order valence-electron chi connectivity index (χ4n) is 4.09.